The van der Waals surface area contributed by atoms with E-state index in [0.29, 0.717) is 25.7 Å². The molecule has 0 unspecified atom stereocenters. The molecule has 1 heterocycles. The van der Waals surface area contributed by atoms with E-state index in [0.717, 1.165) is 17.8 Å². The summed E-state index contributed by atoms with van der Waals surface area (Å²) >= 11 is 0. The highest BCUT2D eigenvalue weighted by atomic mass is 32.2. The van der Waals surface area contributed by atoms with Crippen molar-refractivity contribution in [3.05, 3.63) is 47.7 Å². The van der Waals surface area contributed by atoms with Gasteiger partial charge in [0.2, 0.25) is 15.9 Å². The third-order valence-corrected chi connectivity index (χ3v) is 6.50. The molecule has 164 valence electrons. The van der Waals surface area contributed by atoms with Crippen molar-refractivity contribution in [3.8, 4) is 11.6 Å². The van der Waals surface area contributed by atoms with Gasteiger partial charge < -0.3 is 9.47 Å². The predicted molar refractivity (Wildman–Crippen MR) is 104 cm³/mol. The fraction of sp³-hybridized carbons (Fsp3) is 0.450. The molecule has 3 rings (SSSR count). The van der Waals surface area contributed by atoms with Gasteiger partial charge in [-0.3, -0.25) is 0 Å². The number of rotatable bonds is 6. The summed E-state index contributed by atoms with van der Waals surface area (Å²) in [5.74, 6) is 0.398. The van der Waals surface area contributed by atoms with Crippen molar-refractivity contribution < 1.29 is 31.1 Å². The molecule has 0 radical (unpaired) electrons. The number of pyridine rings is 1. The summed E-state index contributed by atoms with van der Waals surface area (Å²) in [6, 6.07) is 6.81. The van der Waals surface area contributed by atoms with Gasteiger partial charge in [-0.15, -0.1) is 0 Å². The monoisotopic (exact) mass is 444 g/mol. The van der Waals surface area contributed by atoms with Crippen LogP contribution in [0.3, 0.4) is 0 Å². The summed E-state index contributed by atoms with van der Waals surface area (Å²) in [4.78, 5) is 3.81. The highest BCUT2D eigenvalue weighted by Gasteiger charge is 2.31. The van der Waals surface area contributed by atoms with Gasteiger partial charge in [-0.1, -0.05) is 6.07 Å². The second-order valence-corrected chi connectivity index (χ2v) is 8.93. The van der Waals surface area contributed by atoms with Crippen molar-refractivity contribution in [3.63, 3.8) is 0 Å². The van der Waals surface area contributed by atoms with Gasteiger partial charge in [0, 0.05) is 18.3 Å². The molecule has 10 heteroatoms. The first-order chi connectivity index (χ1) is 14.1. The summed E-state index contributed by atoms with van der Waals surface area (Å²) in [5.41, 5.74) is -0.0307. The minimum absolute atomic E-state index is 0.0947. The standard InChI is InChI=1S/C20H23F3N2O4S/c1-13-3-9-17(28-2)18(11-13)30(26,27)25-15-5-7-16(8-6-15)29-19-10-4-14(12-24-19)20(21,22)23/h3-4,9-12,15-16,25H,5-8H2,1-2H3. The summed E-state index contributed by atoms with van der Waals surface area (Å²) in [5, 5.41) is 0. The molecular formula is C20H23F3N2O4S. The molecule has 1 saturated carbocycles. The molecule has 1 aromatic carbocycles. The van der Waals surface area contributed by atoms with E-state index >= 15 is 0 Å². The molecule has 0 saturated heterocycles. The summed E-state index contributed by atoms with van der Waals surface area (Å²) in [7, 11) is -2.34. The highest BCUT2D eigenvalue weighted by Crippen LogP contribution is 2.31. The Balaban J connectivity index is 1.57. The molecule has 1 aromatic heterocycles. The number of hydrogen-bond acceptors (Lipinski definition) is 5. The van der Waals surface area contributed by atoms with Crippen LogP contribution in [0, 0.1) is 6.92 Å². The number of aryl methyl sites for hydroxylation is 1. The van der Waals surface area contributed by atoms with Gasteiger partial charge in [0.1, 0.15) is 16.7 Å². The summed E-state index contributed by atoms with van der Waals surface area (Å²) in [6.07, 6.45) is -1.74. The Labute approximate surface area is 173 Å². The average Bonchev–Trinajstić information content (AvgIpc) is 2.69. The molecule has 0 atom stereocenters. The molecule has 1 N–H and O–H groups in total. The van der Waals surface area contributed by atoms with Crippen LogP contribution in [0.4, 0.5) is 13.2 Å². The van der Waals surface area contributed by atoms with E-state index in [1.807, 2.05) is 0 Å². The van der Waals surface area contributed by atoms with E-state index < -0.39 is 21.8 Å². The molecule has 6 nitrogen and oxygen atoms in total. The number of methoxy groups -OCH3 is 1. The van der Waals surface area contributed by atoms with Gasteiger partial charge in [-0.25, -0.2) is 18.1 Å². The molecular weight excluding hydrogens is 421 g/mol. The number of hydrogen-bond donors (Lipinski definition) is 1. The topological polar surface area (TPSA) is 77.5 Å². The van der Waals surface area contributed by atoms with E-state index in [1.165, 1.54) is 13.2 Å². The third kappa shape index (κ3) is 5.42. The van der Waals surface area contributed by atoms with E-state index in [-0.39, 0.29) is 28.7 Å². The zero-order valence-corrected chi connectivity index (χ0v) is 17.4. The van der Waals surface area contributed by atoms with Gasteiger partial charge in [0.05, 0.1) is 12.7 Å². The van der Waals surface area contributed by atoms with Crippen molar-refractivity contribution in [1.82, 2.24) is 9.71 Å². The molecule has 0 bridgehead atoms. The molecule has 1 fully saturated rings. The molecule has 1 aliphatic rings. The second-order valence-electron chi connectivity index (χ2n) is 7.25. The van der Waals surface area contributed by atoms with Crippen molar-refractivity contribution in [1.29, 1.82) is 0 Å². The van der Waals surface area contributed by atoms with Crippen molar-refractivity contribution in [2.75, 3.05) is 7.11 Å². The first-order valence-electron chi connectivity index (χ1n) is 9.45. The summed E-state index contributed by atoms with van der Waals surface area (Å²) < 4.78 is 77.0. The second kappa shape index (κ2) is 8.81. The highest BCUT2D eigenvalue weighted by molar-refractivity contribution is 7.89. The Hall–Kier alpha value is -2.33. The SMILES string of the molecule is COc1ccc(C)cc1S(=O)(=O)NC1CCC(Oc2ccc(C(F)(F)F)cn2)CC1. The first-order valence-corrected chi connectivity index (χ1v) is 10.9. The van der Waals surface area contributed by atoms with Crippen LogP contribution in [-0.4, -0.2) is 32.7 Å². The lowest BCUT2D eigenvalue weighted by atomic mass is 9.94. The van der Waals surface area contributed by atoms with Crippen molar-refractivity contribution in [2.45, 2.75) is 55.8 Å². The van der Waals surface area contributed by atoms with Gasteiger partial charge in [-0.05, 0) is 56.4 Å². The zero-order chi connectivity index (χ0) is 21.9. The first kappa shape index (κ1) is 22.4. The summed E-state index contributed by atoms with van der Waals surface area (Å²) in [6.45, 7) is 1.80. The van der Waals surface area contributed by atoms with E-state index in [9.17, 15) is 21.6 Å². The van der Waals surface area contributed by atoms with Gasteiger partial charge in [0.25, 0.3) is 0 Å². The maximum absolute atomic E-state index is 12.8. The van der Waals surface area contributed by atoms with Gasteiger partial charge >= 0.3 is 6.18 Å². The van der Waals surface area contributed by atoms with Crippen molar-refractivity contribution in [2.24, 2.45) is 0 Å². The Bertz CT molecular complexity index is 971. The molecule has 0 amide bonds. The van der Waals surface area contributed by atoms with Gasteiger partial charge in [-0.2, -0.15) is 13.2 Å². The fourth-order valence-electron chi connectivity index (χ4n) is 3.36. The number of ether oxygens (including phenoxy) is 2. The third-order valence-electron chi connectivity index (χ3n) is 4.96. The average molecular weight is 444 g/mol. The van der Waals surface area contributed by atoms with E-state index in [2.05, 4.69) is 9.71 Å². The molecule has 2 aromatic rings. The molecule has 30 heavy (non-hydrogen) atoms. The number of aromatic nitrogens is 1. The van der Waals surface area contributed by atoms with E-state index in [4.69, 9.17) is 9.47 Å². The number of nitrogens with zero attached hydrogens (tertiary/aromatic N) is 1. The lowest BCUT2D eigenvalue weighted by Gasteiger charge is -2.29. The molecule has 1 aliphatic carbocycles. The van der Waals surface area contributed by atoms with Crippen LogP contribution in [0.25, 0.3) is 0 Å². The number of alkyl halides is 3. The van der Waals surface area contributed by atoms with Crippen LogP contribution >= 0.6 is 0 Å². The Morgan fingerprint density at radius 2 is 1.80 bits per heavy atom. The minimum atomic E-state index is -4.44. The van der Waals surface area contributed by atoms with Crippen LogP contribution in [0.2, 0.25) is 0 Å². The molecule has 0 spiro atoms. The number of sulfonamides is 1. The zero-order valence-electron chi connectivity index (χ0n) is 16.6. The van der Waals surface area contributed by atoms with Crippen LogP contribution in [0.15, 0.2) is 41.4 Å². The van der Waals surface area contributed by atoms with Gasteiger partial charge in [0.15, 0.2) is 0 Å². The minimum Gasteiger partial charge on any atom is -0.495 e. The quantitative estimate of drug-likeness (QED) is 0.726. The lowest BCUT2D eigenvalue weighted by Crippen LogP contribution is -2.39. The Kier molecular flexibility index (Phi) is 6.56. The maximum atomic E-state index is 12.8. The normalized spacial score (nSPS) is 20.0. The Morgan fingerprint density at radius 1 is 1.10 bits per heavy atom. The van der Waals surface area contributed by atoms with Crippen LogP contribution in [0.5, 0.6) is 11.6 Å². The largest absolute Gasteiger partial charge is 0.495 e. The van der Waals surface area contributed by atoms with Crippen molar-refractivity contribution >= 4 is 10.0 Å². The number of benzene rings is 1. The lowest BCUT2D eigenvalue weighted by molar-refractivity contribution is -0.137. The number of nitrogens with one attached hydrogen (secondary N) is 1. The van der Waals surface area contributed by atoms with Crippen LogP contribution in [-0.2, 0) is 16.2 Å². The molecule has 0 aliphatic heterocycles. The van der Waals surface area contributed by atoms with Crippen LogP contribution in [0.1, 0.15) is 36.8 Å². The Morgan fingerprint density at radius 3 is 2.37 bits per heavy atom. The fourth-order valence-corrected chi connectivity index (χ4v) is 4.92. The predicted octanol–water partition coefficient (Wildman–Crippen LogP) is 4.09. The van der Waals surface area contributed by atoms with Crippen LogP contribution < -0.4 is 14.2 Å². The smallest absolute Gasteiger partial charge is 0.417 e. The number of halogens is 3. The van der Waals surface area contributed by atoms with E-state index in [1.54, 1.807) is 25.1 Å². The maximum Gasteiger partial charge on any atom is 0.417 e.